The molecule has 1 aromatic heterocycles. The van der Waals surface area contributed by atoms with Gasteiger partial charge in [0.15, 0.2) is 0 Å². The van der Waals surface area contributed by atoms with Crippen LogP contribution in [0.1, 0.15) is 21.8 Å². The molecule has 0 atom stereocenters. The number of nitrogens with zero attached hydrogens (tertiary/aromatic N) is 1. The molecule has 0 radical (unpaired) electrons. The molecule has 1 heterocycles. The summed E-state index contributed by atoms with van der Waals surface area (Å²) in [5, 5.41) is 17.3. The molecule has 0 spiro atoms. The van der Waals surface area contributed by atoms with Gasteiger partial charge in [-0.05, 0) is 25.1 Å². The highest BCUT2D eigenvalue weighted by Gasteiger charge is 2.11. The number of carboxylic acids is 1. The van der Waals surface area contributed by atoms with E-state index < -0.39 is 23.4 Å². The molecule has 1 aromatic carbocycles. The standard InChI is InChI=1S/C13H12FN3O4/c1-7-4-9(17-21-7)6-15-13(20)16-8-2-3-10(12(18)19)11(14)5-8/h2-5H,6H2,1H3,(H,18,19)(H2,15,16,20). The van der Waals surface area contributed by atoms with Gasteiger partial charge >= 0.3 is 12.0 Å². The van der Waals surface area contributed by atoms with Gasteiger partial charge in [-0.1, -0.05) is 5.16 Å². The smallest absolute Gasteiger partial charge is 0.338 e. The Kier molecular flexibility index (Phi) is 4.17. The van der Waals surface area contributed by atoms with E-state index in [-0.39, 0.29) is 12.2 Å². The number of carbonyl (C=O) groups excluding carboxylic acids is 1. The third-order valence-electron chi connectivity index (χ3n) is 2.56. The number of nitrogens with one attached hydrogen (secondary N) is 2. The second-order valence-corrected chi connectivity index (χ2v) is 4.24. The molecule has 3 N–H and O–H groups in total. The molecule has 2 rings (SSSR count). The van der Waals surface area contributed by atoms with Gasteiger partial charge in [-0.3, -0.25) is 0 Å². The third-order valence-corrected chi connectivity index (χ3v) is 2.56. The molecule has 0 saturated carbocycles. The normalized spacial score (nSPS) is 10.2. The van der Waals surface area contributed by atoms with Crippen molar-refractivity contribution in [3.63, 3.8) is 0 Å². The molecule has 0 bridgehead atoms. The second-order valence-electron chi connectivity index (χ2n) is 4.24. The minimum Gasteiger partial charge on any atom is -0.478 e. The van der Waals surface area contributed by atoms with E-state index in [2.05, 4.69) is 15.8 Å². The molecule has 0 saturated heterocycles. The lowest BCUT2D eigenvalue weighted by molar-refractivity contribution is 0.0692. The number of aromatic carboxylic acids is 1. The lowest BCUT2D eigenvalue weighted by Crippen LogP contribution is -2.28. The SMILES string of the molecule is Cc1cc(CNC(=O)Nc2ccc(C(=O)O)c(F)c2)no1. The van der Waals surface area contributed by atoms with Gasteiger partial charge in [-0.25, -0.2) is 14.0 Å². The predicted molar refractivity (Wildman–Crippen MR) is 70.5 cm³/mol. The number of aromatic nitrogens is 1. The summed E-state index contributed by atoms with van der Waals surface area (Å²) in [7, 11) is 0. The number of carboxylic acid groups (broad SMARTS) is 1. The van der Waals surface area contributed by atoms with Crippen LogP contribution in [-0.4, -0.2) is 22.3 Å². The summed E-state index contributed by atoms with van der Waals surface area (Å²) in [4.78, 5) is 22.3. The maximum absolute atomic E-state index is 13.4. The molecular formula is C13H12FN3O4. The van der Waals surface area contributed by atoms with E-state index in [0.717, 1.165) is 12.1 Å². The van der Waals surface area contributed by atoms with E-state index in [1.807, 2.05) is 0 Å². The summed E-state index contributed by atoms with van der Waals surface area (Å²) in [6.07, 6.45) is 0. The zero-order chi connectivity index (χ0) is 15.4. The van der Waals surface area contributed by atoms with E-state index in [0.29, 0.717) is 11.5 Å². The Labute approximate surface area is 118 Å². The molecule has 0 fully saturated rings. The molecule has 0 aliphatic carbocycles. The highest BCUT2D eigenvalue weighted by Crippen LogP contribution is 2.14. The number of rotatable bonds is 4. The molecule has 0 aliphatic rings. The highest BCUT2D eigenvalue weighted by atomic mass is 19.1. The lowest BCUT2D eigenvalue weighted by Gasteiger charge is -2.07. The first-order valence-corrected chi connectivity index (χ1v) is 5.95. The number of halogens is 1. The Bertz CT molecular complexity index is 684. The van der Waals surface area contributed by atoms with Crippen LogP contribution in [-0.2, 0) is 6.54 Å². The Morgan fingerprint density at radius 2 is 2.14 bits per heavy atom. The van der Waals surface area contributed by atoms with Crippen molar-refractivity contribution in [2.45, 2.75) is 13.5 Å². The average Bonchev–Trinajstić information content (AvgIpc) is 2.82. The molecule has 21 heavy (non-hydrogen) atoms. The predicted octanol–water partition coefficient (Wildman–Crippen LogP) is 2.14. The average molecular weight is 293 g/mol. The van der Waals surface area contributed by atoms with E-state index in [1.165, 1.54) is 6.07 Å². The van der Waals surface area contributed by atoms with Crippen molar-refractivity contribution < 1.29 is 23.6 Å². The van der Waals surface area contributed by atoms with Crippen LogP contribution in [0.4, 0.5) is 14.9 Å². The van der Waals surface area contributed by atoms with Crippen molar-refractivity contribution in [3.8, 4) is 0 Å². The molecule has 8 heteroatoms. The van der Waals surface area contributed by atoms with Gasteiger partial charge in [0.2, 0.25) is 0 Å². The summed E-state index contributed by atoms with van der Waals surface area (Å²) < 4.78 is 18.3. The van der Waals surface area contributed by atoms with Crippen LogP contribution in [0.25, 0.3) is 0 Å². The lowest BCUT2D eigenvalue weighted by atomic mass is 10.2. The van der Waals surface area contributed by atoms with Gasteiger partial charge in [0.1, 0.15) is 17.3 Å². The van der Waals surface area contributed by atoms with Gasteiger partial charge in [0.05, 0.1) is 12.1 Å². The number of urea groups is 1. The summed E-state index contributed by atoms with van der Waals surface area (Å²) in [5.41, 5.74) is 0.236. The Balaban J connectivity index is 1.93. The first-order chi connectivity index (χ1) is 9.95. The summed E-state index contributed by atoms with van der Waals surface area (Å²) in [6.45, 7) is 1.88. The maximum atomic E-state index is 13.4. The number of benzene rings is 1. The molecule has 0 unspecified atom stereocenters. The van der Waals surface area contributed by atoms with Crippen LogP contribution in [0.5, 0.6) is 0 Å². The van der Waals surface area contributed by atoms with Crippen LogP contribution in [0.3, 0.4) is 0 Å². The quantitative estimate of drug-likeness (QED) is 0.801. The fourth-order valence-electron chi connectivity index (χ4n) is 1.61. The van der Waals surface area contributed by atoms with Crippen LogP contribution < -0.4 is 10.6 Å². The van der Waals surface area contributed by atoms with E-state index in [1.54, 1.807) is 13.0 Å². The highest BCUT2D eigenvalue weighted by molar-refractivity contribution is 5.91. The van der Waals surface area contributed by atoms with Crippen molar-refractivity contribution in [2.24, 2.45) is 0 Å². The van der Waals surface area contributed by atoms with Crippen molar-refractivity contribution in [1.29, 1.82) is 0 Å². The van der Waals surface area contributed by atoms with Crippen molar-refractivity contribution >= 4 is 17.7 Å². The molecule has 2 amide bonds. The topological polar surface area (TPSA) is 104 Å². The zero-order valence-electron chi connectivity index (χ0n) is 11.0. The molecular weight excluding hydrogens is 281 g/mol. The largest absolute Gasteiger partial charge is 0.478 e. The number of hydrogen-bond donors (Lipinski definition) is 3. The monoisotopic (exact) mass is 293 g/mol. The number of hydrogen-bond acceptors (Lipinski definition) is 4. The number of anilines is 1. The van der Waals surface area contributed by atoms with Crippen LogP contribution in [0.15, 0.2) is 28.8 Å². The Morgan fingerprint density at radius 1 is 1.38 bits per heavy atom. The van der Waals surface area contributed by atoms with Gasteiger partial charge in [0.25, 0.3) is 0 Å². The van der Waals surface area contributed by atoms with Crippen LogP contribution >= 0.6 is 0 Å². The molecule has 110 valence electrons. The maximum Gasteiger partial charge on any atom is 0.338 e. The van der Waals surface area contributed by atoms with Gasteiger partial charge < -0.3 is 20.3 Å². The third kappa shape index (κ3) is 3.78. The summed E-state index contributed by atoms with van der Waals surface area (Å²) >= 11 is 0. The van der Waals surface area contributed by atoms with Crippen molar-refractivity contribution in [1.82, 2.24) is 10.5 Å². The zero-order valence-corrected chi connectivity index (χ0v) is 11.0. The van der Waals surface area contributed by atoms with Gasteiger partial charge in [-0.2, -0.15) is 0 Å². The minimum atomic E-state index is -1.37. The fraction of sp³-hybridized carbons (Fsp3) is 0.154. The minimum absolute atomic E-state index is 0.145. The molecule has 2 aromatic rings. The summed E-state index contributed by atoms with van der Waals surface area (Å²) in [5.74, 6) is -1.67. The number of aryl methyl sites for hydroxylation is 1. The Hall–Kier alpha value is -2.90. The number of amides is 2. The molecule has 0 aliphatic heterocycles. The van der Waals surface area contributed by atoms with Crippen LogP contribution in [0.2, 0.25) is 0 Å². The second kappa shape index (κ2) is 6.04. The summed E-state index contributed by atoms with van der Waals surface area (Å²) in [6, 6.07) is 4.41. The van der Waals surface area contributed by atoms with Gasteiger partial charge in [-0.15, -0.1) is 0 Å². The van der Waals surface area contributed by atoms with Gasteiger partial charge in [0, 0.05) is 11.8 Å². The first-order valence-electron chi connectivity index (χ1n) is 5.95. The first kappa shape index (κ1) is 14.5. The van der Waals surface area contributed by atoms with Crippen molar-refractivity contribution in [3.05, 3.63) is 47.1 Å². The van der Waals surface area contributed by atoms with E-state index in [4.69, 9.17) is 9.63 Å². The molecule has 7 nitrogen and oxygen atoms in total. The van der Waals surface area contributed by atoms with Crippen LogP contribution in [0, 0.1) is 12.7 Å². The number of carbonyl (C=O) groups is 2. The Morgan fingerprint density at radius 3 is 2.71 bits per heavy atom. The van der Waals surface area contributed by atoms with E-state index in [9.17, 15) is 14.0 Å². The fourth-order valence-corrected chi connectivity index (χ4v) is 1.61. The van der Waals surface area contributed by atoms with Crippen molar-refractivity contribution in [2.75, 3.05) is 5.32 Å². The van der Waals surface area contributed by atoms with E-state index >= 15 is 0 Å².